The van der Waals surface area contributed by atoms with Crippen molar-refractivity contribution in [2.45, 2.75) is 44.4 Å². The van der Waals surface area contributed by atoms with Crippen LogP contribution in [0.3, 0.4) is 0 Å². The highest BCUT2D eigenvalue weighted by atomic mass is 35.5. The third-order valence-electron chi connectivity index (χ3n) is 2.94. The van der Waals surface area contributed by atoms with Crippen molar-refractivity contribution in [2.75, 3.05) is 0 Å². The highest BCUT2D eigenvalue weighted by molar-refractivity contribution is 7.97. The van der Waals surface area contributed by atoms with Crippen LogP contribution in [-0.4, -0.2) is 5.54 Å². The number of hydrogen-bond acceptors (Lipinski definition) is 3. The smallest absolute Gasteiger partial charge is 0.118 e. The molecule has 0 fully saturated rings. The first kappa shape index (κ1) is 16.5. The van der Waals surface area contributed by atoms with Crippen LogP contribution in [0.15, 0.2) is 40.8 Å². The van der Waals surface area contributed by atoms with E-state index in [2.05, 4.69) is 50.4 Å². The van der Waals surface area contributed by atoms with Gasteiger partial charge in [-0.1, -0.05) is 23.7 Å². The summed E-state index contributed by atoms with van der Waals surface area (Å²) in [5, 5.41) is 4.21. The quantitative estimate of drug-likeness (QED) is 0.785. The van der Waals surface area contributed by atoms with Crippen LogP contribution < -0.4 is 5.32 Å². The maximum Gasteiger partial charge on any atom is 0.118 e. The van der Waals surface area contributed by atoms with Gasteiger partial charge in [-0.2, -0.15) is 0 Å². The Morgan fingerprint density at radius 3 is 2.33 bits per heavy atom. The van der Waals surface area contributed by atoms with Crippen molar-refractivity contribution in [1.29, 1.82) is 0 Å². The van der Waals surface area contributed by atoms with E-state index in [9.17, 15) is 0 Å². The predicted molar refractivity (Wildman–Crippen MR) is 91.8 cm³/mol. The van der Waals surface area contributed by atoms with Crippen molar-refractivity contribution in [1.82, 2.24) is 5.32 Å². The van der Waals surface area contributed by atoms with Gasteiger partial charge < -0.3 is 9.73 Å². The third kappa shape index (κ3) is 6.16. The SMILES string of the molecule is CC(C)(C)NCc1ccc(CSCc2ccc(Cl)cc2)o1. The van der Waals surface area contributed by atoms with Gasteiger partial charge in [0.05, 0.1) is 12.3 Å². The van der Waals surface area contributed by atoms with E-state index in [0.717, 1.165) is 34.6 Å². The van der Waals surface area contributed by atoms with Gasteiger partial charge in [-0.25, -0.2) is 0 Å². The van der Waals surface area contributed by atoms with E-state index < -0.39 is 0 Å². The second kappa shape index (κ2) is 7.39. The average Bonchev–Trinajstić information content (AvgIpc) is 2.86. The minimum atomic E-state index is 0.107. The maximum absolute atomic E-state index is 5.88. The molecule has 2 nitrogen and oxygen atoms in total. The van der Waals surface area contributed by atoms with Crippen LogP contribution in [-0.2, 0) is 18.1 Å². The van der Waals surface area contributed by atoms with E-state index in [4.69, 9.17) is 16.0 Å². The van der Waals surface area contributed by atoms with Gasteiger partial charge in [0, 0.05) is 16.3 Å². The van der Waals surface area contributed by atoms with E-state index in [0.29, 0.717) is 0 Å². The molecule has 1 aromatic heterocycles. The highest BCUT2D eigenvalue weighted by Gasteiger charge is 2.10. The zero-order valence-electron chi connectivity index (χ0n) is 12.8. The molecular formula is C17H22ClNOS. The molecule has 0 bridgehead atoms. The minimum Gasteiger partial charge on any atom is -0.464 e. The lowest BCUT2D eigenvalue weighted by Gasteiger charge is -2.19. The zero-order valence-corrected chi connectivity index (χ0v) is 14.4. The van der Waals surface area contributed by atoms with Gasteiger partial charge in [0.25, 0.3) is 0 Å². The summed E-state index contributed by atoms with van der Waals surface area (Å²) < 4.78 is 5.83. The van der Waals surface area contributed by atoms with Crippen molar-refractivity contribution < 1.29 is 4.42 Å². The monoisotopic (exact) mass is 323 g/mol. The lowest BCUT2D eigenvalue weighted by atomic mass is 10.1. The Kier molecular flexibility index (Phi) is 5.80. The fourth-order valence-corrected chi connectivity index (χ4v) is 2.81. The number of halogens is 1. The van der Waals surface area contributed by atoms with E-state index >= 15 is 0 Å². The van der Waals surface area contributed by atoms with Crippen LogP contribution in [0.5, 0.6) is 0 Å². The predicted octanol–water partition coefficient (Wildman–Crippen LogP) is 5.25. The first-order chi connectivity index (χ1) is 9.92. The number of rotatable bonds is 6. The Morgan fingerprint density at radius 2 is 1.67 bits per heavy atom. The minimum absolute atomic E-state index is 0.107. The molecule has 1 N–H and O–H groups in total. The van der Waals surface area contributed by atoms with Gasteiger partial charge in [0.15, 0.2) is 0 Å². The second-order valence-corrected chi connectivity index (χ2v) is 7.51. The summed E-state index contributed by atoms with van der Waals surface area (Å²) in [6.45, 7) is 7.22. The number of furan rings is 1. The normalized spacial score (nSPS) is 11.8. The Balaban J connectivity index is 1.76. The standard InChI is InChI=1S/C17H22ClNOS/c1-17(2,3)19-10-15-8-9-16(20-15)12-21-11-13-4-6-14(18)7-5-13/h4-9,19H,10-12H2,1-3H3. The molecule has 0 amide bonds. The number of benzene rings is 1. The largest absolute Gasteiger partial charge is 0.464 e. The highest BCUT2D eigenvalue weighted by Crippen LogP contribution is 2.21. The van der Waals surface area contributed by atoms with Gasteiger partial charge in [0.1, 0.15) is 11.5 Å². The molecule has 0 aliphatic heterocycles. The fourth-order valence-electron chi connectivity index (χ4n) is 1.80. The Labute approximate surface area is 136 Å². The summed E-state index contributed by atoms with van der Waals surface area (Å²) in [7, 11) is 0. The van der Waals surface area contributed by atoms with Gasteiger partial charge in [-0.05, 0) is 50.6 Å². The Morgan fingerprint density at radius 1 is 1.00 bits per heavy atom. The molecule has 21 heavy (non-hydrogen) atoms. The summed E-state index contributed by atoms with van der Waals surface area (Å²) in [5.41, 5.74) is 1.39. The lowest BCUT2D eigenvalue weighted by molar-refractivity contribution is 0.382. The number of thioether (sulfide) groups is 1. The molecule has 1 heterocycles. The molecule has 0 saturated heterocycles. The van der Waals surface area contributed by atoms with Crippen LogP contribution in [0.4, 0.5) is 0 Å². The maximum atomic E-state index is 5.88. The van der Waals surface area contributed by atoms with Crippen LogP contribution in [0, 0.1) is 0 Å². The third-order valence-corrected chi connectivity index (χ3v) is 4.21. The van der Waals surface area contributed by atoms with Crippen LogP contribution >= 0.6 is 23.4 Å². The van der Waals surface area contributed by atoms with Crippen molar-refractivity contribution in [3.8, 4) is 0 Å². The Hall–Kier alpha value is -0.900. The van der Waals surface area contributed by atoms with E-state index in [1.807, 2.05) is 23.9 Å². The van der Waals surface area contributed by atoms with Crippen molar-refractivity contribution in [2.24, 2.45) is 0 Å². The zero-order chi connectivity index (χ0) is 15.3. The molecule has 2 aromatic rings. The molecule has 0 unspecified atom stereocenters. The van der Waals surface area contributed by atoms with E-state index in [-0.39, 0.29) is 5.54 Å². The lowest BCUT2D eigenvalue weighted by Crippen LogP contribution is -2.34. The van der Waals surface area contributed by atoms with Crippen molar-refractivity contribution in [3.63, 3.8) is 0 Å². The van der Waals surface area contributed by atoms with Crippen LogP contribution in [0.2, 0.25) is 5.02 Å². The first-order valence-electron chi connectivity index (χ1n) is 7.07. The van der Waals surface area contributed by atoms with Crippen LogP contribution in [0.25, 0.3) is 0 Å². The summed E-state index contributed by atoms with van der Waals surface area (Å²) in [6, 6.07) is 12.1. The summed E-state index contributed by atoms with van der Waals surface area (Å²) >= 11 is 7.72. The molecule has 0 aliphatic rings. The molecule has 0 spiro atoms. The summed E-state index contributed by atoms with van der Waals surface area (Å²) in [4.78, 5) is 0. The fraction of sp³-hybridized carbons (Fsp3) is 0.412. The van der Waals surface area contributed by atoms with Crippen LogP contribution in [0.1, 0.15) is 37.9 Å². The molecular weight excluding hydrogens is 302 g/mol. The molecule has 2 rings (SSSR count). The molecule has 0 radical (unpaired) electrons. The molecule has 0 aliphatic carbocycles. The number of hydrogen-bond donors (Lipinski definition) is 1. The van der Waals surface area contributed by atoms with E-state index in [1.165, 1.54) is 5.56 Å². The second-order valence-electron chi connectivity index (χ2n) is 6.09. The molecule has 114 valence electrons. The van der Waals surface area contributed by atoms with Gasteiger partial charge in [-0.15, -0.1) is 11.8 Å². The molecule has 0 atom stereocenters. The Bertz CT molecular complexity index is 557. The first-order valence-corrected chi connectivity index (χ1v) is 8.60. The van der Waals surface area contributed by atoms with E-state index in [1.54, 1.807) is 0 Å². The van der Waals surface area contributed by atoms with Gasteiger partial charge in [0.2, 0.25) is 0 Å². The van der Waals surface area contributed by atoms with Gasteiger partial charge in [-0.3, -0.25) is 0 Å². The molecule has 4 heteroatoms. The van der Waals surface area contributed by atoms with Crippen molar-refractivity contribution >= 4 is 23.4 Å². The average molecular weight is 324 g/mol. The number of nitrogens with one attached hydrogen (secondary N) is 1. The topological polar surface area (TPSA) is 25.2 Å². The summed E-state index contributed by atoms with van der Waals surface area (Å²) in [6.07, 6.45) is 0. The molecule has 0 saturated carbocycles. The van der Waals surface area contributed by atoms with Gasteiger partial charge >= 0.3 is 0 Å². The molecule has 1 aromatic carbocycles. The summed E-state index contributed by atoms with van der Waals surface area (Å²) in [5.74, 6) is 3.87. The van der Waals surface area contributed by atoms with Crippen molar-refractivity contribution in [3.05, 3.63) is 58.5 Å².